The maximum absolute atomic E-state index is 12.5. The van der Waals surface area contributed by atoms with Crippen LogP contribution < -0.4 is 9.46 Å². The summed E-state index contributed by atoms with van der Waals surface area (Å²) in [6.07, 6.45) is 1.19. The largest absolute Gasteiger partial charge is 0.484 e. The summed E-state index contributed by atoms with van der Waals surface area (Å²) in [6, 6.07) is 9.08. The van der Waals surface area contributed by atoms with Gasteiger partial charge in [-0.25, -0.2) is 13.1 Å². The normalized spacial score (nSPS) is 15.7. The highest BCUT2D eigenvalue weighted by Gasteiger charge is 2.27. The second-order valence-electron chi connectivity index (χ2n) is 7.67. The van der Waals surface area contributed by atoms with Gasteiger partial charge < -0.3 is 9.64 Å². The quantitative estimate of drug-likeness (QED) is 0.720. The number of hydrogen-bond donors (Lipinski definition) is 1. The molecule has 2 heterocycles. The molecular formula is C21H28N2O4S2. The second-order valence-corrected chi connectivity index (χ2v) is 10.6. The fraction of sp³-hybridized carbons (Fsp3) is 0.476. The molecule has 1 aliphatic rings. The van der Waals surface area contributed by atoms with Crippen molar-refractivity contribution in [1.82, 2.24) is 9.62 Å². The number of aryl methyl sites for hydroxylation is 1. The number of benzene rings is 1. The van der Waals surface area contributed by atoms with Gasteiger partial charge >= 0.3 is 0 Å². The molecule has 3 rings (SSSR count). The minimum absolute atomic E-state index is 0.00788. The van der Waals surface area contributed by atoms with Crippen LogP contribution in [0.5, 0.6) is 5.75 Å². The van der Waals surface area contributed by atoms with Crippen LogP contribution in [0.25, 0.3) is 0 Å². The number of hydrogen-bond acceptors (Lipinski definition) is 5. The Kier molecular flexibility index (Phi) is 6.97. The lowest BCUT2D eigenvalue weighted by atomic mass is 9.98. The molecule has 1 aliphatic heterocycles. The topological polar surface area (TPSA) is 75.7 Å². The van der Waals surface area contributed by atoms with Crippen molar-refractivity contribution in [2.45, 2.75) is 49.8 Å². The lowest BCUT2D eigenvalue weighted by Gasteiger charge is -2.32. The SMILES string of the molecule is Cc1cc(OCC(=O)N2CCC(NS(=O)(=O)c3cccs3)CC2)ccc1C(C)C. The van der Waals surface area contributed by atoms with Crippen molar-refractivity contribution in [3.63, 3.8) is 0 Å². The van der Waals surface area contributed by atoms with E-state index in [4.69, 9.17) is 4.74 Å². The molecule has 0 saturated carbocycles. The molecule has 0 radical (unpaired) electrons. The Hall–Kier alpha value is -1.90. The van der Waals surface area contributed by atoms with Crippen LogP contribution in [0.2, 0.25) is 0 Å². The average molecular weight is 437 g/mol. The highest BCUT2D eigenvalue weighted by molar-refractivity contribution is 7.91. The van der Waals surface area contributed by atoms with Gasteiger partial charge in [0.05, 0.1) is 0 Å². The predicted octanol–water partition coefficient (Wildman–Crippen LogP) is 3.53. The fourth-order valence-electron chi connectivity index (χ4n) is 3.56. The van der Waals surface area contributed by atoms with E-state index in [2.05, 4.69) is 18.6 Å². The van der Waals surface area contributed by atoms with Crippen molar-refractivity contribution < 1.29 is 17.9 Å². The first kappa shape index (κ1) is 21.8. The Bertz CT molecular complexity index is 932. The van der Waals surface area contributed by atoms with Crippen LogP contribution in [0.1, 0.15) is 43.7 Å². The van der Waals surface area contributed by atoms with Crippen LogP contribution in [0.15, 0.2) is 39.9 Å². The highest BCUT2D eigenvalue weighted by atomic mass is 32.2. The van der Waals surface area contributed by atoms with Crippen molar-refractivity contribution in [2.24, 2.45) is 0 Å². The minimum atomic E-state index is -3.47. The summed E-state index contributed by atoms with van der Waals surface area (Å²) in [5, 5.41) is 1.74. The van der Waals surface area contributed by atoms with Crippen LogP contribution in [-0.4, -0.2) is 45.0 Å². The summed E-state index contributed by atoms with van der Waals surface area (Å²) in [5.74, 6) is 1.07. The summed E-state index contributed by atoms with van der Waals surface area (Å²) < 4.78 is 33.4. The standard InChI is InChI=1S/C21H28N2O4S2/c1-15(2)19-7-6-18(13-16(19)3)27-14-20(24)23-10-8-17(9-11-23)22-29(25,26)21-5-4-12-28-21/h4-7,12-13,15,17,22H,8-11,14H2,1-3H3. The monoisotopic (exact) mass is 436 g/mol. The van der Waals surface area contributed by atoms with Crippen LogP contribution in [0.4, 0.5) is 0 Å². The van der Waals surface area contributed by atoms with Gasteiger partial charge in [0.1, 0.15) is 9.96 Å². The van der Waals surface area contributed by atoms with E-state index < -0.39 is 10.0 Å². The van der Waals surface area contributed by atoms with E-state index in [0.717, 1.165) is 5.56 Å². The van der Waals surface area contributed by atoms with Crippen LogP contribution in [-0.2, 0) is 14.8 Å². The van der Waals surface area contributed by atoms with Gasteiger partial charge in [-0.3, -0.25) is 4.79 Å². The van der Waals surface area contributed by atoms with E-state index in [1.54, 1.807) is 22.4 Å². The van der Waals surface area contributed by atoms with Gasteiger partial charge in [0.15, 0.2) is 6.61 Å². The van der Waals surface area contributed by atoms with Gasteiger partial charge in [0, 0.05) is 19.1 Å². The number of carbonyl (C=O) groups is 1. The van der Waals surface area contributed by atoms with Gasteiger partial charge in [-0.1, -0.05) is 26.0 Å². The zero-order valence-electron chi connectivity index (χ0n) is 17.1. The predicted molar refractivity (Wildman–Crippen MR) is 115 cm³/mol. The summed E-state index contributed by atoms with van der Waals surface area (Å²) in [4.78, 5) is 14.2. The minimum Gasteiger partial charge on any atom is -0.484 e. The Morgan fingerprint density at radius 1 is 1.28 bits per heavy atom. The first-order valence-corrected chi connectivity index (χ1v) is 12.2. The van der Waals surface area contributed by atoms with Gasteiger partial charge in [0.2, 0.25) is 10.0 Å². The highest BCUT2D eigenvalue weighted by Crippen LogP contribution is 2.24. The molecule has 2 aromatic rings. The Balaban J connectivity index is 1.47. The number of thiophene rings is 1. The molecule has 1 aromatic carbocycles. The van der Waals surface area contributed by atoms with Crippen molar-refractivity contribution in [3.8, 4) is 5.75 Å². The molecule has 1 amide bonds. The first-order valence-electron chi connectivity index (χ1n) is 9.83. The molecule has 1 aromatic heterocycles. The van der Waals surface area contributed by atoms with E-state index in [0.29, 0.717) is 41.8 Å². The molecule has 1 saturated heterocycles. The number of carbonyl (C=O) groups excluding carboxylic acids is 1. The molecule has 0 aliphatic carbocycles. The maximum Gasteiger partial charge on any atom is 0.260 e. The van der Waals surface area contributed by atoms with E-state index in [1.165, 1.54) is 16.9 Å². The molecule has 1 N–H and O–H groups in total. The number of ether oxygens (including phenoxy) is 1. The number of rotatable bonds is 7. The molecule has 0 bridgehead atoms. The summed E-state index contributed by atoms with van der Waals surface area (Å²) in [5.41, 5.74) is 2.43. The average Bonchev–Trinajstić information content (AvgIpc) is 3.22. The van der Waals surface area contributed by atoms with Gasteiger partial charge in [-0.05, 0) is 60.4 Å². The molecule has 29 heavy (non-hydrogen) atoms. The molecular weight excluding hydrogens is 408 g/mol. The van der Waals surface area contributed by atoms with Crippen molar-refractivity contribution in [3.05, 3.63) is 46.8 Å². The Labute approximate surface area is 176 Å². The summed E-state index contributed by atoms with van der Waals surface area (Å²) >= 11 is 1.20. The van der Waals surface area contributed by atoms with Crippen LogP contribution in [0.3, 0.4) is 0 Å². The summed E-state index contributed by atoms with van der Waals surface area (Å²) in [6.45, 7) is 7.38. The van der Waals surface area contributed by atoms with E-state index in [-0.39, 0.29) is 18.6 Å². The maximum atomic E-state index is 12.5. The van der Waals surface area contributed by atoms with Gasteiger partial charge in [0.25, 0.3) is 5.91 Å². The summed E-state index contributed by atoms with van der Waals surface area (Å²) in [7, 11) is -3.47. The molecule has 158 valence electrons. The molecule has 6 nitrogen and oxygen atoms in total. The zero-order valence-corrected chi connectivity index (χ0v) is 18.7. The number of amides is 1. The third kappa shape index (κ3) is 5.58. The van der Waals surface area contributed by atoms with E-state index in [9.17, 15) is 13.2 Å². The third-order valence-corrected chi connectivity index (χ3v) is 8.07. The van der Waals surface area contributed by atoms with E-state index >= 15 is 0 Å². The number of nitrogens with one attached hydrogen (secondary N) is 1. The molecule has 0 spiro atoms. The number of likely N-dealkylation sites (tertiary alicyclic amines) is 1. The lowest BCUT2D eigenvalue weighted by molar-refractivity contribution is -0.134. The molecule has 0 unspecified atom stereocenters. The Morgan fingerprint density at radius 2 is 2.00 bits per heavy atom. The van der Waals surface area contributed by atoms with Crippen molar-refractivity contribution in [1.29, 1.82) is 0 Å². The third-order valence-electron chi connectivity index (χ3n) is 5.15. The van der Waals surface area contributed by atoms with Gasteiger partial charge in [-0.15, -0.1) is 11.3 Å². The van der Waals surface area contributed by atoms with E-state index in [1.807, 2.05) is 25.1 Å². The van der Waals surface area contributed by atoms with Crippen molar-refractivity contribution >= 4 is 27.3 Å². The molecule has 8 heteroatoms. The second kappa shape index (κ2) is 9.28. The fourth-order valence-corrected chi connectivity index (χ4v) is 5.88. The van der Waals surface area contributed by atoms with Crippen molar-refractivity contribution in [2.75, 3.05) is 19.7 Å². The Morgan fingerprint density at radius 3 is 2.59 bits per heavy atom. The van der Waals surface area contributed by atoms with Crippen LogP contribution in [0, 0.1) is 6.92 Å². The van der Waals surface area contributed by atoms with Gasteiger partial charge in [-0.2, -0.15) is 0 Å². The van der Waals surface area contributed by atoms with Crippen LogP contribution >= 0.6 is 11.3 Å². The number of piperidine rings is 1. The molecule has 1 fully saturated rings. The lowest BCUT2D eigenvalue weighted by Crippen LogP contribution is -2.47. The number of nitrogens with zero attached hydrogens (tertiary/aromatic N) is 1. The first-order chi connectivity index (χ1) is 13.8. The zero-order chi connectivity index (χ0) is 21.0. The molecule has 0 atom stereocenters. The smallest absolute Gasteiger partial charge is 0.260 e. The number of sulfonamides is 1.